The first-order valence-electron chi connectivity index (χ1n) is 7.12. The summed E-state index contributed by atoms with van der Waals surface area (Å²) in [5.74, 6) is 1.81. The molecular formula is C16H28N2O. The van der Waals surface area contributed by atoms with E-state index in [1.54, 1.807) is 7.11 Å². The van der Waals surface area contributed by atoms with Crippen molar-refractivity contribution in [1.29, 1.82) is 0 Å². The maximum atomic E-state index is 6.51. The second-order valence-electron chi connectivity index (χ2n) is 5.42. The van der Waals surface area contributed by atoms with Crippen molar-refractivity contribution in [2.75, 3.05) is 20.7 Å². The molecule has 108 valence electrons. The summed E-state index contributed by atoms with van der Waals surface area (Å²) >= 11 is 0. The Bertz CT molecular complexity index is 390. The molecule has 0 saturated carbocycles. The maximum absolute atomic E-state index is 6.51. The van der Waals surface area contributed by atoms with Crippen LogP contribution < -0.4 is 15.8 Å². The van der Waals surface area contributed by atoms with Gasteiger partial charge in [-0.3, -0.25) is 0 Å². The maximum Gasteiger partial charge on any atom is 0.123 e. The lowest BCUT2D eigenvalue weighted by atomic mass is 9.84. The topological polar surface area (TPSA) is 47.3 Å². The lowest BCUT2D eigenvalue weighted by Crippen LogP contribution is -2.33. The fourth-order valence-electron chi connectivity index (χ4n) is 2.51. The number of hydrogen-bond donors (Lipinski definition) is 2. The highest BCUT2D eigenvalue weighted by Crippen LogP contribution is 2.32. The van der Waals surface area contributed by atoms with Crippen LogP contribution in [0, 0.1) is 11.8 Å². The Labute approximate surface area is 117 Å². The normalized spacial score (nSPS) is 14.5. The molecule has 0 fully saturated rings. The molecule has 0 bridgehead atoms. The SMILES string of the molecule is CCc1ccc(OC)c(C(N)C(CNC)C(C)C)c1. The minimum absolute atomic E-state index is 0.00565. The third-order valence-corrected chi connectivity index (χ3v) is 3.82. The molecule has 3 heteroatoms. The minimum atomic E-state index is -0.00565. The van der Waals surface area contributed by atoms with Gasteiger partial charge in [0, 0.05) is 11.6 Å². The molecule has 0 radical (unpaired) electrons. The molecule has 0 saturated heterocycles. The average Bonchev–Trinajstić information content (AvgIpc) is 2.42. The highest BCUT2D eigenvalue weighted by Gasteiger charge is 2.24. The summed E-state index contributed by atoms with van der Waals surface area (Å²) in [6.45, 7) is 7.51. The van der Waals surface area contributed by atoms with E-state index in [9.17, 15) is 0 Å². The number of aryl methyl sites for hydroxylation is 1. The van der Waals surface area contributed by atoms with Gasteiger partial charge in [0.15, 0.2) is 0 Å². The van der Waals surface area contributed by atoms with E-state index >= 15 is 0 Å². The van der Waals surface area contributed by atoms with E-state index in [-0.39, 0.29) is 6.04 Å². The van der Waals surface area contributed by atoms with Crippen LogP contribution in [0.1, 0.15) is 37.9 Å². The summed E-state index contributed by atoms with van der Waals surface area (Å²) in [7, 11) is 3.68. The lowest BCUT2D eigenvalue weighted by molar-refractivity contribution is 0.306. The van der Waals surface area contributed by atoms with Crippen LogP contribution in [0.5, 0.6) is 5.75 Å². The van der Waals surface area contributed by atoms with Gasteiger partial charge in [-0.25, -0.2) is 0 Å². The van der Waals surface area contributed by atoms with E-state index in [0.29, 0.717) is 11.8 Å². The van der Waals surface area contributed by atoms with E-state index in [1.165, 1.54) is 5.56 Å². The fraction of sp³-hybridized carbons (Fsp3) is 0.625. The smallest absolute Gasteiger partial charge is 0.123 e. The van der Waals surface area contributed by atoms with Crippen molar-refractivity contribution in [2.24, 2.45) is 17.6 Å². The largest absolute Gasteiger partial charge is 0.496 e. The van der Waals surface area contributed by atoms with Crippen molar-refractivity contribution in [3.63, 3.8) is 0 Å². The van der Waals surface area contributed by atoms with Crippen LogP contribution in [-0.4, -0.2) is 20.7 Å². The monoisotopic (exact) mass is 264 g/mol. The van der Waals surface area contributed by atoms with Crippen molar-refractivity contribution in [2.45, 2.75) is 33.2 Å². The molecule has 2 atom stereocenters. The van der Waals surface area contributed by atoms with Crippen LogP contribution in [0.15, 0.2) is 18.2 Å². The van der Waals surface area contributed by atoms with Gasteiger partial charge >= 0.3 is 0 Å². The van der Waals surface area contributed by atoms with E-state index < -0.39 is 0 Å². The van der Waals surface area contributed by atoms with Crippen molar-refractivity contribution in [1.82, 2.24) is 5.32 Å². The fourth-order valence-corrected chi connectivity index (χ4v) is 2.51. The second kappa shape index (κ2) is 7.51. The van der Waals surface area contributed by atoms with Crippen molar-refractivity contribution >= 4 is 0 Å². The number of rotatable bonds is 7. The predicted molar refractivity (Wildman–Crippen MR) is 81.6 cm³/mol. The number of ether oxygens (including phenoxy) is 1. The number of benzene rings is 1. The number of nitrogens with one attached hydrogen (secondary N) is 1. The van der Waals surface area contributed by atoms with Gasteiger partial charge in [0.2, 0.25) is 0 Å². The lowest BCUT2D eigenvalue weighted by Gasteiger charge is -2.29. The van der Waals surface area contributed by atoms with Crippen LogP contribution in [-0.2, 0) is 6.42 Å². The van der Waals surface area contributed by atoms with Crippen molar-refractivity contribution in [3.05, 3.63) is 29.3 Å². The van der Waals surface area contributed by atoms with Gasteiger partial charge in [0.05, 0.1) is 7.11 Å². The third kappa shape index (κ3) is 3.95. The number of methoxy groups -OCH3 is 1. The Morgan fingerprint density at radius 1 is 1.32 bits per heavy atom. The number of nitrogens with two attached hydrogens (primary N) is 1. The third-order valence-electron chi connectivity index (χ3n) is 3.82. The number of hydrogen-bond acceptors (Lipinski definition) is 3. The van der Waals surface area contributed by atoms with E-state index in [2.05, 4.69) is 38.2 Å². The van der Waals surface area contributed by atoms with Crippen LogP contribution in [0.4, 0.5) is 0 Å². The average molecular weight is 264 g/mol. The summed E-state index contributed by atoms with van der Waals surface area (Å²) in [6, 6.07) is 6.32. The second-order valence-corrected chi connectivity index (χ2v) is 5.42. The van der Waals surface area contributed by atoms with Gasteiger partial charge in [-0.05, 0) is 43.5 Å². The summed E-state index contributed by atoms with van der Waals surface area (Å²) in [4.78, 5) is 0. The molecule has 0 amide bonds. The highest BCUT2D eigenvalue weighted by molar-refractivity contribution is 5.39. The molecular weight excluding hydrogens is 236 g/mol. The van der Waals surface area contributed by atoms with E-state index in [4.69, 9.17) is 10.5 Å². The highest BCUT2D eigenvalue weighted by atomic mass is 16.5. The first-order chi connectivity index (χ1) is 9.04. The quantitative estimate of drug-likeness (QED) is 0.796. The minimum Gasteiger partial charge on any atom is -0.496 e. The van der Waals surface area contributed by atoms with Gasteiger partial charge in [-0.15, -0.1) is 0 Å². The van der Waals surface area contributed by atoms with Crippen LogP contribution in [0.2, 0.25) is 0 Å². The van der Waals surface area contributed by atoms with E-state index in [1.807, 2.05) is 13.1 Å². The summed E-state index contributed by atoms with van der Waals surface area (Å²) in [5.41, 5.74) is 8.93. The van der Waals surface area contributed by atoms with Crippen LogP contribution >= 0.6 is 0 Å². The first-order valence-corrected chi connectivity index (χ1v) is 7.12. The van der Waals surface area contributed by atoms with Crippen molar-refractivity contribution < 1.29 is 4.74 Å². The van der Waals surface area contributed by atoms with Crippen LogP contribution in [0.25, 0.3) is 0 Å². The molecule has 0 heterocycles. The van der Waals surface area contributed by atoms with E-state index in [0.717, 1.165) is 24.3 Å². The molecule has 1 rings (SSSR count). The standard InChI is InChI=1S/C16H28N2O/c1-6-12-7-8-15(19-5)13(9-12)16(17)14(10-18-4)11(2)3/h7-9,11,14,16,18H,6,10,17H2,1-5H3. The Balaban J connectivity index is 3.10. The molecule has 0 aliphatic heterocycles. The summed E-state index contributed by atoms with van der Waals surface area (Å²) in [6.07, 6.45) is 1.02. The van der Waals surface area contributed by atoms with Crippen molar-refractivity contribution in [3.8, 4) is 5.75 Å². The Kier molecular flexibility index (Phi) is 6.32. The van der Waals surface area contributed by atoms with Gasteiger partial charge < -0.3 is 15.8 Å². The molecule has 0 spiro atoms. The van der Waals surface area contributed by atoms with Crippen LogP contribution in [0.3, 0.4) is 0 Å². The zero-order valence-corrected chi connectivity index (χ0v) is 12.9. The zero-order valence-electron chi connectivity index (χ0n) is 12.9. The Morgan fingerprint density at radius 2 is 2.00 bits per heavy atom. The Morgan fingerprint density at radius 3 is 2.47 bits per heavy atom. The van der Waals surface area contributed by atoms with Gasteiger partial charge in [-0.1, -0.05) is 32.9 Å². The van der Waals surface area contributed by atoms with Gasteiger partial charge in [0.1, 0.15) is 5.75 Å². The van der Waals surface area contributed by atoms with Gasteiger partial charge in [-0.2, -0.15) is 0 Å². The molecule has 1 aromatic rings. The predicted octanol–water partition coefficient (Wildman–Crippen LogP) is 2.75. The Hall–Kier alpha value is -1.06. The zero-order chi connectivity index (χ0) is 14.4. The molecule has 1 aromatic carbocycles. The molecule has 3 nitrogen and oxygen atoms in total. The first kappa shape index (κ1) is 16.0. The molecule has 0 aliphatic rings. The summed E-state index contributed by atoms with van der Waals surface area (Å²) in [5, 5.41) is 3.25. The molecule has 0 aliphatic carbocycles. The molecule has 19 heavy (non-hydrogen) atoms. The molecule has 2 unspecified atom stereocenters. The molecule has 3 N–H and O–H groups in total. The molecule has 0 aromatic heterocycles. The van der Waals surface area contributed by atoms with Gasteiger partial charge in [0.25, 0.3) is 0 Å². The summed E-state index contributed by atoms with van der Waals surface area (Å²) < 4.78 is 5.47.